The minimum Gasteiger partial charge on any atom is -0.311 e. The summed E-state index contributed by atoms with van der Waals surface area (Å²) in [6, 6.07) is 2.15. The molecule has 1 aromatic rings. The van der Waals surface area contributed by atoms with Crippen LogP contribution in [0.4, 0.5) is 0 Å². The minimum absolute atomic E-state index is 0.915. The SMILES string of the molecule is CCNCc1cc(SC)nn1CC. The van der Waals surface area contributed by atoms with Crippen LogP contribution in [0, 0.1) is 0 Å². The quantitative estimate of drug-likeness (QED) is 0.733. The summed E-state index contributed by atoms with van der Waals surface area (Å²) in [4.78, 5) is 0. The first-order valence-electron chi connectivity index (χ1n) is 4.63. The van der Waals surface area contributed by atoms with E-state index in [4.69, 9.17) is 0 Å². The summed E-state index contributed by atoms with van der Waals surface area (Å²) in [5.41, 5.74) is 1.27. The summed E-state index contributed by atoms with van der Waals surface area (Å²) < 4.78 is 2.05. The van der Waals surface area contributed by atoms with Gasteiger partial charge in [-0.25, -0.2) is 0 Å². The minimum atomic E-state index is 0.915. The lowest BCUT2D eigenvalue weighted by Gasteiger charge is -2.03. The van der Waals surface area contributed by atoms with Gasteiger partial charge in [-0.2, -0.15) is 5.10 Å². The third kappa shape index (κ3) is 2.74. The van der Waals surface area contributed by atoms with E-state index in [1.165, 1.54) is 5.69 Å². The van der Waals surface area contributed by atoms with Gasteiger partial charge in [0.1, 0.15) is 5.03 Å². The van der Waals surface area contributed by atoms with Crippen molar-refractivity contribution in [3.63, 3.8) is 0 Å². The Bertz CT molecular complexity index is 257. The van der Waals surface area contributed by atoms with Gasteiger partial charge in [-0.15, -0.1) is 11.8 Å². The molecule has 1 aromatic heterocycles. The molecule has 0 saturated heterocycles. The fraction of sp³-hybridized carbons (Fsp3) is 0.667. The highest BCUT2D eigenvalue weighted by Gasteiger charge is 2.04. The van der Waals surface area contributed by atoms with Crippen molar-refractivity contribution < 1.29 is 0 Å². The maximum Gasteiger partial charge on any atom is 0.118 e. The van der Waals surface area contributed by atoms with Gasteiger partial charge in [0, 0.05) is 13.1 Å². The van der Waals surface area contributed by atoms with Crippen LogP contribution < -0.4 is 5.32 Å². The van der Waals surface area contributed by atoms with E-state index in [9.17, 15) is 0 Å². The first-order chi connectivity index (χ1) is 6.31. The molecule has 1 rings (SSSR count). The number of aromatic nitrogens is 2. The Morgan fingerprint density at radius 3 is 2.85 bits per heavy atom. The molecule has 1 N–H and O–H groups in total. The molecule has 0 amide bonds. The monoisotopic (exact) mass is 199 g/mol. The second kappa shape index (κ2) is 5.29. The molecule has 0 aliphatic rings. The third-order valence-corrected chi connectivity index (χ3v) is 2.52. The van der Waals surface area contributed by atoms with E-state index >= 15 is 0 Å². The normalized spacial score (nSPS) is 10.7. The van der Waals surface area contributed by atoms with Gasteiger partial charge in [0.15, 0.2) is 0 Å². The number of nitrogens with one attached hydrogen (secondary N) is 1. The van der Waals surface area contributed by atoms with E-state index in [-0.39, 0.29) is 0 Å². The van der Waals surface area contributed by atoms with Crippen molar-refractivity contribution in [3.05, 3.63) is 11.8 Å². The average molecular weight is 199 g/mol. The van der Waals surface area contributed by atoms with Crippen molar-refractivity contribution >= 4 is 11.8 Å². The molecule has 3 nitrogen and oxygen atoms in total. The van der Waals surface area contributed by atoms with E-state index in [2.05, 4.69) is 41.3 Å². The smallest absolute Gasteiger partial charge is 0.118 e. The molecule has 1 heterocycles. The van der Waals surface area contributed by atoms with Gasteiger partial charge in [-0.1, -0.05) is 6.92 Å². The zero-order chi connectivity index (χ0) is 9.68. The molecule has 0 radical (unpaired) electrons. The van der Waals surface area contributed by atoms with Gasteiger partial charge in [-0.3, -0.25) is 4.68 Å². The van der Waals surface area contributed by atoms with Crippen molar-refractivity contribution in [3.8, 4) is 0 Å². The summed E-state index contributed by atoms with van der Waals surface area (Å²) in [7, 11) is 0. The van der Waals surface area contributed by atoms with Crippen LogP contribution in [0.3, 0.4) is 0 Å². The Kier molecular flexibility index (Phi) is 4.32. The van der Waals surface area contributed by atoms with Crippen molar-refractivity contribution in [2.45, 2.75) is 32.0 Å². The third-order valence-electron chi connectivity index (χ3n) is 1.91. The van der Waals surface area contributed by atoms with E-state index in [0.29, 0.717) is 0 Å². The fourth-order valence-corrected chi connectivity index (χ4v) is 1.63. The molecule has 0 atom stereocenters. The fourth-order valence-electron chi connectivity index (χ4n) is 1.20. The van der Waals surface area contributed by atoms with Crippen LogP contribution in [0.5, 0.6) is 0 Å². The van der Waals surface area contributed by atoms with Gasteiger partial charge in [0.05, 0.1) is 5.69 Å². The summed E-state index contributed by atoms with van der Waals surface area (Å²) in [5.74, 6) is 0. The number of rotatable bonds is 5. The van der Waals surface area contributed by atoms with Crippen molar-refractivity contribution in [2.24, 2.45) is 0 Å². The number of hydrogen-bond acceptors (Lipinski definition) is 3. The summed E-state index contributed by atoms with van der Waals surface area (Å²) in [5, 5.41) is 8.85. The van der Waals surface area contributed by atoms with Crippen molar-refractivity contribution in [1.29, 1.82) is 0 Å². The van der Waals surface area contributed by atoms with Crippen LogP contribution in [0.2, 0.25) is 0 Å². The number of hydrogen-bond donors (Lipinski definition) is 1. The van der Waals surface area contributed by atoms with Crippen LogP contribution in [-0.2, 0) is 13.1 Å². The summed E-state index contributed by atoms with van der Waals surface area (Å²) in [6.45, 7) is 7.09. The highest BCUT2D eigenvalue weighted by atomic mass is 32.2. The van der Waals surface area contributed by atoms with Gasteiger partial charge in [-0.05, 0) is 25.8 Å². The lowest BCUT2D eigenvalue weighted by molar-refractivity contribution is 0.581. The zero-order valence-electron chi connectivity index (χ0n) is 8.50. The van der Waals surface area contributed by atoms with E-state index in [1.807, 2.05) is 0 Å². The highest BCUT2D eigenvalue weighted by Crippen LogP contribution is 2.14. The summed E-state index contributed by atoms with van der Waals surface area (Å²) in [6.07, 6.45) is 2.05. The van der Waals surface area contributed by atoms with Crippen LogP contribution >= 0.6 is 11.8 Å². The van der Waals surface area contributed by atoms with Gasteiger partial charge in [0.2, 0.25) is 0 Å². The molecule has 0 saturated carbocycles. The number of aryl methyl sites for hydroxylation is 1. The molecular formula is C9H17N3S. The molecule has 0 bridgehead atoms. The predicted molar refractivity (Wildman–Crippen MR) is 57.1 cm³/mol. The van der Waals surface area contributed by atoms with Gasteiger partial charge < -0.3 is 5.32 Å². The van der Waals surface area contributed by atoms with Crippen LogP contribution in [0.1, 0.15) is 19.5 Å². The average Bonchev–Trinajstić information content (AvgIpc) is 2.57. The molecular weight excluding hydrogens is 182 g/mol. The van der Waals surface area contributed by atoms with E-state index in [0.717, 1.165) is 24.7 Å². The highest BCUT2D eigenvalue weighted by molar-refractivity contribution is 7.98. The molecule has 0 fully saturated rings. The molecule has 74 valence electrons. The zero-order valence-corrected chi connectivity index (χ0v) is 9.32. The first kappa shape index (κ1) is 10.6. The lowest BCUT2D eigenvalue weighted by atomic mass is 10.4. The van der Waals surface area contributed by atoms with Crippen LogP contribution in [0.25, 0.3) is 0 Å². The predicted octanol–water partition coefficient (Wildman–Crippen LogP) is 1.73. The molecule has 0 aliphatic heterocycles. The molecule has 0 unspecified atom stereocenters. The second-order valence-electron chi connectivity index (χ2n) is 2.77. The maximum atomic E-state index is 4.44. The van der Waals surface area contributed by atoms with Gasteiger partial charge in [0.25, 0.3) is 0 Å². The maximum absolute atomic E-state index is 4.44. The van der Waals surface area contributed by atoms with Crippen LogP contribution in [-0.4, -0.2) is 22.6 Å². The van der Waals surface area contributed by atoms with Gasteiger partial charge >= 0.3 is 0 Å². The standard InChI is InChI=1S/C9H17N3S/c1-4-10-7-8-6-9(13-3)11-12(8)5-2/h6,10H,4-5,7H2,1-3H3. The van der Waals surface area contributed by atoms with Crippen molar-refractivity contribution in [2.75, 3.05) is 12.8 Å². The molecule has 0 aromatic carbocycles. The van der Waals surface area contributed by atoms with Crippen molar-refractivity contribution in [1.82, 2.24) is 15.1 Å². The second-order valence-corrected chi connectivity index (χ2v) is 3.60. The summed E-state index contributed by atoms with van der Waals surface area (Å²) >= 11 is 1.69. The lowest BCUT2D eigenvalue weighted by Crippen LogP contribution is -2.15. The molecule has 0 aliphatic carbocycles. The molecule has 0 spiro atoms. The Hall–Kier alpha value is -0.480. The molecule has 13 heavy (non-hydrogen) atoms. The Labute approximate surface area is 83.9 Å². The Morgan fingerprint density at radius 1 is 1.54 bits per heavy atom. The topological polar surface area (TPSA) is 29.9 Å². The van der Waals surface area contributed by atoms with E-state index in [1.54, 1.807) is 11.8 Å². The Balaban J connectivity index is 2.71. The largest absolute Gasteiger partial charge is 0.311 e. The Morgan fingerprint density at radius 2 is 2.31 bits per heavy atom. The molecule has 4 heteroatoms. The number of thioether (sulfide) groups is 1. The first-order valence-corrected chi connectivity index (χ1v) is 5.85. The van der Waals surface area contributed by atoms with E-state index < -0.39 is 0 Å². The van der Waals surface area contributed by atoms with Crippen LogP contribution in [0.15, 0.2) is 11.1 Å². The number of nitrogens with zero attached hydrogens (tertiary/aromatic N) is 2.